The van der Waals surface area contributed by atoms with Gasteiger partial charge in [0.25, 0.3) is 5.91 Å². The lowest BCUT2D eigenvalue weighted by molar-refractivity contribution is -0.134. The predicted molar refractivity (Wildman–Crippen MR) is 115 cm³/mol. The minimum absolute atomic E-state index is 0.150. The topological polar surface area (TPSA) is 58.6 Å². The number of ether oxygens (including phenoxy) is 1. The molecule has 0 aromatic heterocycles. The van der Waals surface area contributed by atoms with Crippen molar-refractivity contribution in [3.05, 3.63) is 60.2 Å². The zero-order chi connectivity index (χ0) is 20.3. The highest BCUT2D eigenvalue weighted by Crippen LogP contribution is 2.37. The van der Waals surface area contributed by atoms with E-state index in [1.165, 1.54) is 18.7 Å². The van der Waals surface area contributed by atoms with Crippen molar-refractivity contribution < 1.29 is 14.3 Å². The first kappa shape index (κ1) is 20.4. The summed E-state index contributed by atoms with van der Waals surface area (Å²) < 4.78 is 5.11. The molecule has 5 rings (SSSR count). The molecule has 1 saturated heterocycles. The number of thiocarbonyl (C=S) groups is 1. The molecule has 0 radical (unpaired) electrons. The Balaban J connectivity index is 0.000000264. The average Bonchev–Trinajstić information content (AvgIpc) is 2.63. The van der Waals surface area contributed by atoms with E-state index in [0.717, 1.165) is 17.1 Å². The lowest BCUT2D eigenvalue weighted by atomic mass is 10.0. The standard InChI is InChI=1S/C15H18N2O2S2.C6H4O/c1-10(18)16-12-13(19)17(14(20)21-15(12,2)3)9-11-7-5-4-6-8-11;1-2-5-4-6(3-1)7-5/h4-8,12H,9H2,1-3H3,(H,16,18);1-4H. The minimum atomic E-state index is -0.574. The molecular formula is C21H22N2O3S2. The van der Waals surface area contributed by atoms with Gasteiger partial charge in [-0.3, -0.25) is 14.5 Å². The second-order valence-electron chi connectivity index (χ2n) is 7.09. The SMILES string of the molecule is CC(=O)NC1C(=O)N(Cc2ccccc2)C(=S)SC1(C)C.c1cc2cc(c1)O2. The molecule has 5 nitrogen and oxygen atoms in total. The van der Waals surface area contributed by atoms with Gasteiger partial charge in [-0.15, -0.1) is 0 Å². The fraction of sp³-hybridized carbons (Fsp3) is 0.286. The summed E-state index contributed by atoms with van der Waals surface area (Å²) in [7, 11) is 0. The van der Waals surface area contributed by atoms with Gasteiger partial charge < -0.3 is 10.1 Å². The molecule has 1 N–H and O–H groups in total. The van der Waals surface area contributed by atoms with Crippen LogP contribution in [0.25, 0.3) is 0 Å². The number of nitrogens with zero attached hydrogens (tertiary/aromatic N) is 1. The number of benzene rings is 2. The van der Waals surface area contributed by atoms with Crippen LogP contribution in [0.3, 0.4) is 0 Å². The molecule has 28 heavy (non-hydrogen) atoms. The molecule has 0 aliphatic carbocycles. The van der Waals surface area contributed by atoms with Crippen LogP contribution in [-0.2, 0) is 16.1 Å². The zero-order valence-corrected chi connectivity index (χ0v) is 17.6. The van der Waals surface area contributed by atoms with Crippen molar-refractivity contribution in [2.45, 2.75) is 38.1 Å². The smallest absolute Gasteiger partial charge is 0.252 e. The zero-order valence-electron chi connectivity index (χ0n) is 16.0. The van der Waals surface area contributed by atoms with E-state index in [9.17, 15) is 9.59 Å². The average molecular weight is 415 g/mol. The lowest BCUT2D eigenvalue weighted by Crippen LogP contribution is -2.61. The molecule has 1 atom stereocenters. The fourth-order valence-electron chi connectivity index (χ4n) is 2.91. The van der Waals surface area contributed by atoms with Crippen LogP contribution in [-0.4, -0.2) is 31.8 Å². The highest BCUT2D eigenvalue weighted by molar-refractivity contribution is 8.24. The first-order chi connectivity index (χ1) is 13.3. The van der Waals surface area contributed by atoms with Gasteiger partial charge >= 0.3 is 0 Å². The van der Waals surface area contributed by atoms with E-state index in [0.29, 0.717) is 10.9 Å². The molecule has 0 spiro atoms. The van der Waals surface area contributed by atoms with E-state index in [4.69, 9.17) is 17.0 Å². The molecule has 3 aliphatic rings. The van der Waals surface area contributed by atoms with Gasteiger partial charge in [-0.05, 0) is 31.5 Å². The molecule has 1 unspecified atom stereocenters. The molecule has 2 aromatic carbocycles. The van der Waals surface area contributed by atoms with Crippen molar-refractivity contribution in [1.29, 1.82) is 0 Å². The predicted octanol–water partition coefficient (Wildman–Crippen LogP) is 4.12. The van der Waals surface area contributed by atoms with Crippen molar-refractivity contribution in [3.63, 3.8) is 0 Å². The molecule has 146 valence electrons. The number of thioether (sulfide) groups is 1. The Labute approximate surface area is 174 Å². The van der Waals surface area contributed by atoms with E-state index >= 15 is 0 Å². The Kier molecular flexibility index (Phi) is 6.05. The molecule has 0 saturated carbocycles. The van der Waals surface area contributed by atoms with E-state index < -0.39 is 10.8 Å². The Bertz CT molecular complexity index is 875. The number of carbonyl (C=O) groups is 2. The van der Waals surface area contributed by atoms with E-state index in [1.807, 2.05) is 68.4 Å². The van der Waals surface area contributed by atoms with Gasteiger partial charge in [0.15, 0.2) is 0 Å². The molecule has 2 aromatic rings. The molecular weight excluding hydrogens is 392 g/mol. The van der Waals surface area contributed by atoms with Gasteiger partial charge in [0.05, 0.1) is 6.54 Å². The summed E-state index contributed by atoms with van der Waals surface area (Å²) in [5, 5.41) is 2.75. The van der Waals surface area contributed by atoms with Gasteiger partial charge in [0, 0.05) is 17.7 Å². The number of carbonyl (C=O) groups excluding carboxylic acids is 2. The Morgan fingerprint density at radius 1 is 1.18 bits per heavy atom. The quantitative estimate of drug-likeness (QED) is 0.653. The third kappa shape index (κ3) is 4.72. The van der Waals surface area contributed by atoms with Crippen LogP contribution in [0.5, 0.6) is 11.5 Å². The third-order valence-corrected chi connectivity index (χ3v) is 5.98. The monoisotopic (exact) mass is 414 g/mol. The normalized spacial score (nSPS) is 19.0. The second kappa shape index (κ2) is 8.32. The van der Waals surface area contributed by atoms with E-state index in [1.54, 1.807) is 4.90 Å². The van der Waals surface area contributed by atoms with Crippen molar-refractivity contribution >= 4 is 40.1 Å². The first-order valence-corrected chi connectivity index (χ1v) is 10.1. The molecule has 3 heterocycles. The van der Waals surface area contributed by atoms with E-state index in [2.05, 4.69) is 5.32 Å². The van der Waals surface area contributed by atoms with Gasteiger partial charge in [-0.25, -0.2) is 0 Å². The maximum absolute atomic E-state index is 12.7. The summed E-state index contributed by atoms with van der Waals surface area (Å²) in [6, 6.07) is 17.0. The summed E-state index contributed by atoms with van der Waals surface area (Å²) >= 11 is 6.82. The Hall–Kier alpha value is -2.38. The van der Waals surface area contributed by atoms with Crippen LogP contribution in [0.4, 0.5) is 0 Å². The molecule has 3 aliphatic heterocycles. The summed E-state index contributed by atoms with van der Waals surface area (Å²) in [6.07, 6.45) is 0. The molecule has 2 amide bonds. The fourth-order valence-corrected chi connectivity index (χ4v) is 4.70. The number of nitrogens with one attached hydrogen (secondary N) is 1. The van der Waals surface area contributed by atoms with Gasteiger partial charge in [0.1, 0.15) is 21.9 Å². The molecule has 1 fully saturated rings. The van der Waals surface area contributed by atoms with Crippen LogP contribution in [0.15, 0.2) is 54.6 Å². The van der Waals surface area contributed by atoms with Crippen molar-refractivity contribution in [2.75, 3.05) is 0 Å². The molecule has 7 heteroatoms. The van der Waals surface area contributed by atoms with E-state index in [-0.39, 0.29) is 11.8 Å². The largest absolute Gasteiger partial charge is 0.457 e. The Morgan fingerprint density at radius 2 is 1.79 bits per heavy atom. The maximum atomic E-state index is 12.7. The van der Waals surface area contributed by atoms with Crippen LogP contribution in [0.2, 0.25) is 0 Å². The summed E-state index contributed by atoms with van der Waals surface area (Å²) in [5.74, 6) is 1.60. The summed E-state index contributed by atoms with van der Waals surface area (Å²) in [6.45, 7) is 5.69. The Morgan fingerprint density at radius 3 is 2.25 bits per heavy atom. The van der Waals surface area contributed by atoms with Crippen molar-refractivity contribution in [3.8, 4) is 11.5 Å². The van der Waals surface area contributed by atoms with Gasteiger partial charge in [0.2, 0.25) is 5.91 Å². The van der Waals surface area contributed by atoms with Crippen LogP contribution in [0, 0.1) is 0 Å². The van der Waals surface area contributed by atoms with Crippen LogP contribution >= 0.6 is 24.0 Å². The summed E-state index contributed by atoms with van der Waals surface area (Å²) in [4.78, 5) is 25.6. The number of fused-ring (bicyclic) bond motifs is 2. The second-order valence-corrected chi connectivity index (χ2v) is 9.38. The maximum Gasteiger partial charge on any atom is 0.252 e. The van der Waals surface area contributed by atoms with Gasteiger partial charge in [-0.1, -0.05) is 60.4 Å². The highest BCUT2D eigenvalue weighted by atomic mass is 32.2. The third-order valence-electron chi connectivity index (χ3n) is 4.35. The highest BCUT2D eigenvalue weighted by Gasteiger charge is 2.45. The molecule has 2 bridgehead atoms. The number of hydrogen-bond acceptors (Lipinski definition) is 5. The first-order valence-electron chi connectivity index (χ1n) is 8.89. The van der Waals surface area contributed by atoms with Gasteiger partial charge in [-0.2, -0.15) is 0 Å². The van der Waals surface area contributed by atoms with Crippen molar-refractivity contribution in [2.24, 2.45) is 0 Å². The van der Waals surface area contributed by atoms with Crippen molar-refractivity contribution in [1.82, 2.24) is 10.2 Å². The summed E-state index contributed by atoms with van der Waals surface area (Å²) in [5.41, 5.74) is 1.01. The van der Waals surface area contributed by atoms with Crippen LogP contribution in [0.1, 0.15) is 26.3 Å². The lowest BCUT2D eigenvalue weighted by Gasteiger charge is -2.42. The van der Waals surface area contributed by atoms with Crippen LogP contribution < -0.4 is 10.1 Å². The number of amides is 2. The minimum Gasteiger partial charge on any atom is -0.457 e. The number of hydrogen-bond donors (Lipinski definition) is 1. The number of rotatable bonds is 3.